The third-order valence-corrected chi connectivity index (χ3v) is 6.36. The van der Waals surface area contributed by atoms with Gasteiger partial charge in [-0.15, -0.1) is 0 Å². The predicted molar refractivity (Wildman–Crippen MR) is 108 cm³/mol. The average Bonchev–Trinajstić information content (AvgIpc) is 3.46. The number of hydrogen-bond donors (Lipinski definition) is 0. The van der Waals surface area contributed by atoms with Crippen LogP contribution in [0.4, 0.5) is 0 Å². The molecule has 0 N–H and O–H groups in total. The van der Waals surface area contributed by atoms with Gasteiger partial charge in [-0.25, -0.2) is 9.50 Å². The minimum Gasteiger partial charge on any atom is -0.356 e. The maximum absolute atomic E-state index is 13.1. The molecule has 5 rings (SSSR count). The van der Waals surface area contributed by atoms with E-state index in [1.807, 2.05) is 36.7 Å². The Labute approximate surface area is 170 Å². The van der Waals surface area contributed by atoms with Gasteiger partial charge in [0.25, 0.3) is 0 Å². The van der Waals surface area contributed by atoms with Crippen LogP contribution in [0.3, 0.4) is 0 Å². The molecule has 1 unspecified atom stereocenters. The fourth-order valence-corrected chi connectivity index (χ4v) is 4.97. The number of nitrogens with zero attached hydrogens (tertiary/aromatic N) is 5. The summed E-state index contributed by atoms with van der Waals surface area (Å²) in [5.41, 5.74) is 4.59. The Morgan fingerprint density at radius 1 is 1.10 bits per heavy atom. The lowest BCUT2D eigenvalue weighted by molar-refractivity contribution is -0.136. The van der Waals surface area contributed by atoms with Crippen molar-refractivity contribution in [2.24, 2.45) is 5.92 Å². The van der Waals surface area contributed by atoms with Crippen LogP contribution in [0.15, 0.2) is 22.9 Å². The first-order valence-electron chi connectivity index (χ1n) is 10.7. The molecule has 1 aliphatic heterocycles. The van der Waals surface area contributed by atoms with Crippen molar-refractivity contribution in [2.75, 3.05) is 13.1 Å². The number of hydrogen-bond acceptors (Lipinski definition) is 5. The number of carbonyl (C=O) groups excluding carboxylic acids is 1. The Kier molecular flexibility index (Phi) is 4.60. The molecule has 0 bridgehead atoms. The van der Waals surface area contributed by atoms with Crippen LogP contribution in [-0.4, -0.2) is 43.7 Å². The summed E-state index contributed by atoms with van der Waals surface area (Å²) in [5.74, 6) is 1.46. The highest BCUT2D eigenvalue weighted by Crippen LogP contribution is 2.36. The molecule has 1 saturated heterocycles. The summed E-state index contributed by atoms with van der Waals surface area (Å²) in [7, 11) is 0. The number of piperidine rings is 1. The summed E-state index contributed by atoms with van der Waals surface area (Å²) in [6, 6.07) is 3.93. The Bertz CT molecular complexity index is 1050. The second-order valence-electron chi connectivity index (χ2n) is 8.55. The lowest BCUT2D eigenvalue weighted by Gasteiger charge is -2.35. The van der Waals surface area contributed by atoms with Crippen molar-refractivity contribution in [1.29, 1.82) is 0 Å². The topological polar surface area (TPSA) is 76.5 Å². The number of carbonyl (C=O) groups is 1. The Hall–Kier alpha value is -2.70. The van der Waals surface area contributed by atoms with E-state index in [9.17, 15) is 4.79 Å². The molecule has 29 heavy (non-hydrogen) atoms. The van der Waals surface area contributed by atoms with Crippen LogP contribution in [0.1, 0.15) is 61.5 Å². The first-order valence-corrected chi connectivity index (χ1v) is 10.7. The van der Waals surface area contributed by atoms with E-state index in [2.05, 4.69) is 15.0 Å². The van der Waals surface area contributed by atoms with Gasteiger partial charge < -0.3 is 9.42 Å². The Morgan fingerprint density at radius 2 is 1.93 bits per heavy atom. The summed E-state index contributed by atoms with van der Waals surface area (Å²) < 4.78 is 7.52. The van der Waals surface area contributed by atoms with E-state index >= 15 is 0 Å². The summed E-state index contributed by atoms with van der Waals surface area (Å²) in [5, 5.41) is 8.78. The summed E-state index contributed by atoms with van der Waals surface area (Å²) in [6.07, 6.45) is 8.33. The quantitative estimate of drug-likeness (QED) is 0.675. The molecule has 1 saturated carbocycles. The van der Waals surface area contributed by atoms with Gasteiger partial charge in [-0.05, 0) is 39.5 Å². The molecule has 0 spiro atoms. The lowest BCUT2D eigenvalue weighted by atomic mass is 9.90. The van der Waals surface area contributed by atoms with Crippen molar-refractivity contribution < 1.29 is 9.32 Å². The van der Waals surface area contributed by atoms with Crippen molar-refractivity contribution in [3.05, 3.63) is 35.4 Å². The second-order valence-corrected chi connectivity index (χ2v) is 8.55. The minimum absolute atomic E-state index is 0.194. The number of aromatic nitrogens is 4. The first kappa shape index (κ1) is 18.3. The highest BCUT2D eigenvalue weighted by Gasteiger charge is 2.33. The van der Waals surface area contributed by atoms with Crippen LogP contribution >= 0.6 is 0 Å². The number of likely N-dealkylation sites (tertiary alicyclic amines) is 1. The molecule has 7 heteroatoms. The fourth-order valence-electron chi connectivity index (χ4n) is 4.97. The van der Waals surface area contributed by atoms with Gasteiger partial charge in [0, 0.05) is 43.3 Å². The van der Waals surface area contributed by atoms with Gasteiger partial charge >= 0.3 is 0 Å². The van der Waals surface area contributed by atoms with Crippen molar-refractivity contribution in [3.63, 3.8) is 0 Å². The Balaban J connectivity index is 1.54. The van der Waals surface area contributed by atoms with E-state index < -0.39 is 0 Å². The zero-order valence-corrected chi connectivity index (χ0v) is 17.1. The minimum atomic E-state index is 0.194. The second kappa shape index (κ2) is 7.28. The van der Waals surface area contributed by atoms with Crippen LogP contribution in [0.5, 0.6) is 0 Å². The lowest BCUT2D eigenvalue weighted by Crippen LogP contribution is -2.42. The molecule has 1 aliphatic carbocycles. The van der Waals surface area contributed by atoms with Gasteiger partial charge in [-0.3, -0.25) is 4.79 Å². The van der Waals surface area contributed by atoms with Gasteiger partial charge in [-0.2, -0.15) is 5.10 Å². The van der Waals surface area contributed by atoms with E-state index in [1.54, 1.807) is 0 Å². The zero-order chi connectivity index (χ0) is 20.0. The third-order valence-electron chi connectivity index (χ3n) is 6.36. The van der Waals surface area contributed by atoms with E-state index in [0.29, 0.717) is 11.7 Å². The van der Waals surface area contributed by atoms with Crippen molar-refractivity contribution in [2.45, 2.75) is 58.3 Å². The van der Waals surface area contributed by atoms with E-state index in [4.69, 9.17) is 9.62 Å². The van der Waals surface area contributed by atoms with Gasteiger partial charge in [0.1, 0.15) is 0 Å². The summed E-state index contributed by atoms with van der Waals surface area (Å²) in [6.45, 7) is 5.48. The van der Waals surface area contributed by atoms with Crippen LogP contribution in [-0.2, 0) is 4.79 Å². The molecule has 2 aliphatic rings. The molecular formula is C22H27N5O2. The SMILES string of the molecule is Cc1cc(-c2cnc3cc(C)nn3c2C2CCCN(C(=O)C3CCCC3)C2)on1. The van der Waals surface area contributed by atoms with Crippen LogP contribution < -0.4 is 0 Å². The van der Waals surface area contributed by atoms with Gasteiger partial charge in [0.05, 0.1) is 22.6 Å². The van der Waals surface area contributed by atoms with Crippen LogP contribution in [0, 0.1) is 19.8 Å². The molecule has 7 nitrogen and oxygen atoms in total. The molecular weight excluding hydrogens is 366 g/mol. The molecule has 0 aromatic carbocycles. The molecule has 1 atom stereocenters. The third kappa shape index (κ3) is 3.32. The molecule has 3 aromatic rings. The molecule has 2 fully saturated rings. The Morgan fingerprint density at radius 3 is 2.69 bits per heavy atom. The number of amides is 1. The van der Waals surface area contributed by atoms with Crippen LogP contribution in [0.25, 0.3) is 17.0 Å². The first-order chi connectivity index (χ1) is 14.1. The van der Waals surface area contributed by atoms with E-state index in [0.717, 1.165) is 67.1 Å². The molecule has 3 aromatic heterocycles. The standard InChI is InChI=1S/C22H27N5O2/c1-14-11-20-23-12-18(19-10-15(2)25-29-19)21(27(20)24-14)17-8-5-9-26(13-17)22(28)16-6-3-4-7-16/h10-12,16-17H,3-9,13H2,1-2H3. The van der Waals surface area contributed by atoms with Crippen molar-refractivity contribution in [1.82, 2.24) is 24.7 Å². The van der Waals surface area contributed by atoms with Crippen molar-refractivity contribution in [3.8, 4) is 11.3 Å². The smallest absolute Gasteiger partial charge is 0.225 e. The van der Waals surface area contributed by atoms with Gasteiger partial charge in [0.15, 0.2) is 11.4 Å². The summed E-state index contributed by atoms with van der Waals surface area (Å²) >= 11 is 0. The van der Waals surface area contributed by atoms with Crippen LogP contribution in [0.2, 0.25) is 0 Å². The van der Waals surface area contributed by atoms with Gasteiger partial charge in [0.2, 0.25) is 5.91 Å². The maximum atomic E-state index is 13.1. The molecule has 0 radical (unpaired) electrons. The van der Waals surface area contributed by atoms with E-state index in [1.165, 1.54) is 12.8 Å². The average molecular weight is 393 g/mol. The molecule has 152 valence electrons. The molecule has 4 heterocycles. The van der Waals surface area contributed by atoms with E-state index in [-0.39, 0.29) is 11.8 Å². The molecule has 1 amide bonds. The highest BCUT2D eigenvalue weighted by atomic mass is 16.5. The fraction of sp³-hybridized carbons (Fsp3) is 0.545. The highest BCUT2D eigenvalue weighted by molar-refractivity contribution is 5.79. The monoisotopic (exact) mass is 393 g/mol. The number of aryl methyl sites for hydroxylation is 2. The van der Waals surface area contributed by atoms with Crippen molar-refractivity contribution >= 4 is 11.6 Å². The number of fused-ring (bicyclic) bond motifs is 1. The normalized spacial score (nSPS) is 20.6. The zero-order valence-electron chi connectivity index (χ0n) is 17.1. The largest absolute Gasteiger partial charge is 0.356 e. The maximum Gasteiger partial charge on any atom is 0.225 e. The summed E-state index contributed by atoms with van der Waals surface area (Å²) in [4.78, 5) is 19.7. The van der Waals surface area contributed by atoms with Gasteiger partial charge in [-0.1, -0.05) is 18.0 Å². The number of rotatable bonds is 3. The predicted octanol–water partition coefficient (Wildman–Crippen LogP) is 3.90.